The van der Waals surface area contributed by atoms with E-state index < -0.39 is 6.10 Å². The molecule has 418 valence electrons. The smallest absolute Gasteiger partial charge is 0.306 e. The lowest BCUT2D eigenvalue weighted by Gasteiger charge is -2.18. The molecule has 0 aliphatic rings. The topological polar surface area (TPSA) is 78.9 Å². The molecule has 0 spiro atoms. The predicted octanol–water partition coefficient (Wildman–Crippen LogP) is 20.6. The fourth-order valence-corrected chi connectivity index (χ4v) is 7.94. The van der Waals surface area contributed by atoms with E-state index in [9.17, 15) is 14.4 Å². The average molecular weight is 1020 g/mol. The Kier molecular flexibility index (Phi) is 57.4. The summed E-state index contributed by atoms with van der Waals surface area (Å²) < 4.78 is 16.8. The molecule has 0 heterocycles. The van der Waals surface area contributed by atoms with Crippen molar-refractivity contribution in [2.45, 2.75) is 264 Å². The highest BCUT2D eigenvalue weighted by Crippen LogP contribution is 2.15. The first-order valence-electron chi connectivity index (χ1n) is 30.2. The Morgan fingerprint density at radius 2 is 0.527 bits per heavy atom. The summed E-state index contributed by atoms with van der Waals surface area (Å²) in [6, 6.07) is 0. The van der Waals surface area contributed by atoms with Gasteiger partial charge in [-0.3, -0.25) is 14.4 Å². The van der Waals surface area contributed by atoms with Crippen molar-refractivity contribution in [1.82, 2.24) is 0 Å². The lowest BCUT2D eigenvalue weighted by atomic mass is 10.0. The number of hydrogen-bond donors (Lipinski definition) is 0. The third kappa shape index (κ3) is 58.4. The Bertz CT molecular complexity index is 1600. The lowest BCUT2D eigenvalue weighted by Crippen LogP contribution is -2.30. The van der Waals surface area contributed by atoms with Gasteiger partial charge in [-0.15, -0.1) is 0 Å². The van der Waals surface area contributed by atoms with E-state index in [1.54, 1.807) is 0 Å². The molecule has 0 aromatic heterocycles. The zero-order valence-corrected chi connectivity index (χ0v) is 47.8. The molecule has 0 saturated heterocycles. The second kappa shape index (κ2) is 61.1. The first kappa shape index (κ1) is 69.5. The molecule has 0 saturated carbocycles. The quantitative estimate of drug-likeness (QED) is 0.0261. The van der Waals surface area contributed by atoms with Crippen molar-refractivity contribution in [2.24, 2.45) is 0 Å². The third-order valence-corrected chi connectivity index (χ3v) is 12.4. The summed E-state index contributed by atoms with van der Waals surface area (Å²) >= 11 is 0. The van der Waals surface area contributed by atoms with Gasteiger partial charge in [-0.2, -0.15) is 0 Å². The van der Waals surface area contributed by atoms with Crippen LogP contribution in [0.15, 0.2) is 134 Å². The molecular formula is C68H110O6. The zero-order chi connectivity index (χ0) is 53.6. The Labute approximate surface area is 455 Å². The average Bonchev–Trinajstić information content (AvgIpc) is 3.40. The highest BCUT2D eigenvalue weighted by molar-refractivity contribution is 5.71. The molecule has 1 atom stereocenters. The van der Waals surface area contributed by atoms with Crippen LogP contribution in [0.25, 0.3) is 0 Å². The first-order valence-corrected chi connectivity index (χ1v) is 30.2. The number of unbranched alkanes of at least 4 members (excludes halogenated alkanes) is 20. The minimum absolute atomic E-state index is 0.0951. The second-order valence-corrected chi connectivity index (χ2v) is 19.5. The fourth-order valence-electron chi connectivity index (χ4n) is 7.94. The molecule has 0 fully saturated rings. The molecule has 0 aliphatic carbocycles. The van der Waals surface area contributed by atoms with Crippen LogP contribution in [0, 0.1) is 0 Å². The van der Waals surface area contributed by atoms with Gasteiger partial charge in [0.1, 0.15) is 13.2 Å². The number of rotatable bonds is 53. The van der Waals surface area contributed by atoms with Crippen LogP contribution in [0.1, 0.15) is 258 Å². The van der Waals surface area contributed by atoms with E-state index in [2.05, 4.69) is 154 Å². The van der Waals surface area contributed by atoms with Crippen LogP contribution in [-0.4, -0.2) is 37.2 Å². The SMILES string of the molecule is CC/C=C\C/C=C\C/C=C\C/C=C\C/C=C\C/C=C\C/C=C\C/C=C\CCCCCCC(=O)OCC(COC(=O)CCCCCCCCCCCCCC)OC(=O)CCCCCCC/C=C\C/C=C\C/C=C\CC. The van der Waals surface area contributed by atoms with Gasteiger partial charge in [-0.25, -0.2) is 0 Å². The Morgan fingerprint density at radius 1 is 0.284 bits per heavy atom. The number of carbonyl (C=O) groups excluding carboxylic acids is 3. The van der Waals surface area contributed by atoms with Gasteiger partial charge >= 0.3 is 17.9 Å². The van der Waals surface area contributed by atoms with Gasteiger partial charge in [0, 0.05) is 19.3 Å². The van der Waals surface area contributed by atoms with Gasteiger partial charge in [-0.1, -0.05) is 257 Å². The molecule has 0 radical (unpaired) electrons. The summed E-state index contributed by atoms with van der Waals surface area (Å²) in [5.41, 5.74) is 0. The van der Waals surface area contributed by atoms with Crippen LogP contribution in [0.3, 0.4) is 0 Å². The van der Waals surface area contributed by atoms with Gasteiger partial charge in [0.05, 0.1) is 0 Å². The summed E-state index contributed by atoms with van der Waals surface area (Å²) in [7, 11) is 0. The van der Waals surface area contributed by atoms with E-state index in [4.69, 9.17) is 14.2 Å². The standard InChI is InChI=1S/C68H110O6/c1-4-7-10-13-16-19-22-25-27-28-29-30-31-32-33-34-35-36-37-38-39-40-42-43-46-49-52-55-58-61-67(70)73-64-65(63-72-66(69)60-57-54-51-48-45-24-21-18-15-12-9-6-3)74-68(71)62-59-56-53-50-47-44-41-26-23-20-17-14-11-8-5-2/h7-8,10-11,16-17,19-20,25-27,29-30,32-33,35-36,38-39,41-43,65H,4-6,9,12-15,18,21-24,28,31,34,37,40,44-64H2,1-3H3/b10-7-,11-8-,19-16-,20-17-,27-25-,30-29-,33-32-,36-35-,39-38-,41-26-,43-42-. The van der Waals surface area contributed by atoms with Crippen molar-refractivity contribution < 1.29 is 28.6 Å². The maximum Gasteiger partial charge on any atom is 0.306 e. The van der Waals surface area contributed by atoms with E-state index in [0.29, 0.717) is 19.3 Å². The molecule has 6 nitrogen and oxygen atoms in total. The molecule has 74 heavy (non-hydrogen) atoms. The van der Waals surface area contributed by atoms with Crippen LogP contribution in [0.5, 0.6) is 0 Å². The maximum absolute atomic E-state index is 12.8. The molecule has 0 aliphatic heterocycles. The van der Waals surface area contributed by atoms with Crippen molar-refractivity contribution in [3.63, 3.8) is 0 Å². The van der Waals surface area contributed by atoms with E-state index in [-0.39, 0.29) is 31.1 Å². The summed E-state index contributed by atoms with van der Waals surface area (Å²) in [5.74, 6) is -0.940. The fraction of sp³-hybridized carbons (Fsp3) is 0.632. The highest BCUT2D eigenvalue weighted by atomic mass is 16.6. The minimum Gasteiger partial charge on any atom is -0.462 e. The number of allylic oxidation sites excluding steroid dienone is 22. The molecular weight excluding hydrogens is 913 g/mol. The molecule has 0 amide bonds. The third-order valence-electron chi connectivity index (χ3n) is 12.4. The van der Waals surface area contributed by atoms with Crippen LogP contribution < -0.4 is 0 Å². The van der Waals surface area contributed by atoms with Crippen molar-refractivity contribution in [3.05, 3.63) is 134 Å². The highest BCUT2D eigenvalue weighted by Gasteiger charge is 2.19. The number of ether oxygens (including phenoxy) is 3. The first-order chi connectivity index (χ1) is 36.5. The van der Waals surface area contributed by atoms with Gasteiger partial charge in [0.2, 0.25) is 0 Å². The number of carbonyl (C=O) groups is 3. The summed E-state index contributed by atoms with van der Waals surface area (Å²) in [4.78, 5) is 38.2. The number of hydrogen-bond acceptors (Lipinski definition) is 6. The van der Waals surface area contributed by atoms with Gasteiger partial charge < -0.3 is 14.2 Å². The lowest BCUT2D eigenvalue weighted by molar-refractivity contribution is -0.167. The maximum atomic E-state index is 12.8. The Balaban J connectivity index is 4.38. The normalized spacial score (nSPS) is 13.1. The molecule has 0 rings (SSSR count). The van der Waals surface area contributed by atoms with Crippen LogP contribution in [0.4, 0.5) is 0 Å². The monoisotopic (exact) mass is 1020 g/mol. The predicted molar refractivity (Wildman–Crippen MR) is 320 cm³/mol. The molecule has 0 aromatic carbocycles. The summed E-state index contributed by atoms with van der Waals surface area (Å²) in [6.45, 7) is 6.37. The van der Waals surface area contributed by atoms with Gasteiger partial charge in [0.25, 0.3) is 0 Å². The van der Waals surface area contributed by atoms with Crippen molar-refractivity contribution >= 4 is 17.9 Å². The van der Waals surface area contributed by atoms with E-state index in [1.165, 1.54) is 57.8 Å². The van der Waals surface area contributed by atoms with Crippen molar-refractivity contribution in [2.75, 3.05) is 13.2 Å². The molecule has 1 unspecified atom stereocenters. The van der Waals surface area contributed by atoms with Crippen LogP contribution >= 0.6 is 0 Å². The molecule has 6 heteroatoms. The second-order valence-electron chi connectivity index (χ2n) is 19.5. The molecule has 0 N–H and O–H groups in total. The summed E-state index contributed by atoms with van der Waals surface area (Å²) in [6.07, 6.45) is 85.9. The van der Waals surface area contributed by atoms with Crippen LogP contribution in [-0.2, 0) is 28.6 Å². The van der Waals surface area contributed by atoms with E-state index in [0.717, 1.165) is 161 Å². The zero-order valence-electron chi connectivity index (χ0n) is 47.8. The largest absolute Gasteiger partial charge is 0.462 e. The van der Waals surface area contributed by atoms with Crippen molar-refractivity contribution in [1.29, 1.82) is 0 Å². The molecule has 0 aromatic rings. The Hall–Kier alpha value is -4.45. The van der Waals surface area contributed by atoms with E-state index in [1.807, 2.05) is 0 Å². The Morgan fingerprint density at radius 3 is 0.824 bits per heavy atom. The van der Waals surface area contributed by atoms with Gasteiger partial charge in [0.15, 0.2) is 6.10 Å². The molecule has 0 bridgehead atoms. The minimum atomic E-state index is -0.801. The summed E-state index contributed by atoms with van der Waals surface area (Å²) in [5, 5.41) is 0. The van der Waals surface area contributed by atoms with Gasteiger partial charge in [-0.05, 0) is 116 Å². The van der Waals surface area contributed by atoms with Crippen molar-refractivity contribution in [3.8, 4) is 0 Å². The van der Waals surface area contributed by atoms with Crippen LogP contribution in [0.2, 0.25) is 0 Å². The van der Waals surface area contributed by atoms with E-state index >= 15 is 0 Å². The number of esters is 3.